The zero-order chi connectivity index (χ0) is 15.5. The van der Waals surface area contributed by atoms with Crippen molar-refractivity contribution in [1.82, 2.24) is 0 Å². The van der Waals surface area contributed by atoms with E-state index in [1.807, 2.05) is 36.4 Å². The largest absolute Gasteiger partial charge is 0.425 e. The minimum Gasteiger partial charge on any atom is -0.425 e. The van der Waals surface area contributed by atoms with Crippen molar-refractivity contribution in [2.75, 3.05) is 26.4 Å². The summed E-state index contributed by atoms with van der Waals surface area (Å²) >= 11 is 0. The lowest BCUT2D eigenvalue weighted by Gasteiger charge is -2.06. The molecule has 2 rings (SSSR count). The fourth-order valence-electron chi connectivity index (χ4n) is 1.86. The molecule has 0 aliphatic rings. The molecule has 0 aromatic heterocycles. The van der Waals surface area contributed by atoms with Crippen LogP contribution in [0.1, 0.15) is 5.56 Å². The molecule has 2 aromatic rings. The Morgan fingerprint density at radius 2 is 1.41 bits per heavy atom. The van der Waals surface area contributed by atoms with E-state index in [-0.39, 0.29) is 6.61 Å². The van der Waals surface area contributed by atoms with Crippen LogP contribution in [0.2, 0.25) is 0 Å². The van der Waals surface area contributed by atoms with Gasteiger partial charge in [0.1, 0.15) is 12.4 Å². The Kier molecular flexibility index (Phi) is 7.15. The van der Waals surface area contributed by atoms with Crippen molar-refractivity contribution in [3.8, 4) is 5.75 Å². The summed E-state index contributed by atoms with van der Waals surface area (Å²) in [6.45, 7) is 1.41. The zero-order valence-electron chi connectivity index (χ0n) is 12.4. The summed E-state index contributed by atoms with van der Waals surface area (Å²) in [7, 11) is 0. The molecular formula is C18H20O4. The van der Waals surface area contributed by atoms with Gasteiger partial charge in [-0.2, -0.15) is 0 Å². The minimum atomic E-state index is -0.407. The van der Waals surface area contributed by atoms with Crippen molar-refractivity contribution < 1.29 is 19.0 Å². The fourth-order valence-corrected chi connectivity index (χ4v) is 1.86. The average Bonchev–Trinajstić information content (AvgIpc) is 2.56. The summed E-state index contributed by atoms with van der Waals surface area (Å²) in [5.41, 5.74) is 1.25. The van der Waals surface area contributed by atoms with Gasteiger partial charge in [0.25, 0.3) is 0 Å². The highest BCUT2D eigenvalue weighted by molar-refractivity contribution is 5.73. The quantitative estimate of drug-likeness (QED) is 0.406. The van der Waals surface area contributed by atoms with E-state index >= 15 is 0 Å². The molecule has 0 aliphatic carbocycles. The van der Waals surface area contributed by atoms with E-state index in [2.05, 4.69) is 12.1 Å². The number of carbonyl (C=O) groups is 1. The van der Waals surface area contributed by atoms with E-state index in [0.29, 0.717) is 25.6 Å². The molecule has 22 heavy (non-hydrogen) atoms. The molecule has 0 radical (unpaired) electrons. The third-order valence-corrected chi connectivity index (χ3v) is 2.94. The van der Waals surface area contributed by atoms with Gasteiger partial charge in [0.05, 0.1) is 19.8 Å². The predicted octanol–water partition coefficient (Wildman–Crippen LogP) is 2.87. The van der Waals surface area contributed by atoms with E-state index < -0.39 is 5.97 Å². The molecule has 0 amide bonds. The van der Waals surface area contributed by atoms with Gasteiger partial charge < -0.3 is 14.2 Å². The maximum Gasteiger partial charge on any atom is 0.337 e. The average molecular weight is 300 g/mol. The van der Waals surface area contributed by atoms with E-state index in [4.69, 9.17) is 14.2 Å². The normalized spacial score (nSPS) is 10.4. The SMILES string of the molecule is O=C(COCCOCCc1ccccc1)Oc1ccccc1. The lowest BCUT2D eigenvalue weighted by Crippen LogP contribution is -2.17. The van der Waals surface area contributed by atoms with Gasteiger partial charge in [0.15, 0.2) is 0 Å². The lowest BCUT2D eigenvalue weighted by atomic mass is 10.2. The number of benzene rings is 2. The molecule has 0 spiro atoms. The topological polar surface area (TPSA) is 44.8 Å². The van der Waals surface area contributed by atoms with Gasteiger partial charge in [0.2, 0.25) is 0 Å². The highest BCUT2D eigenvalue weighted by Crippen LogP contribution is 2.08. The smallest absolute Gasteiger partial charge is 0.337 e. The van der Waals surface area contributed by atoms with Gasteiger partial charge in [-0.1, -0.05) is 48.5 Å². The highest BCUT2D eigenvalue weighted by atomic mass is 16.6. The number of rotatable bonds is 9. The van der Waals surface area contributed by atoms with Crippen molar-refractivity contribution in [3.05, 3.63) is 66.2 Å². The molecule has 2 aromatic carbocycles. The zero-order valence-corrected chi connectivity index (χ0v) is 12.4. The summed E-state index contributed by atoms with van der Waals surface area (Å²) in [6.07, 6.45) is 0.872. The number of ether oxygens (including phenoxy) is 3. The summed E-state index contributed by atoms with van der Waals surface area (Å²) in [5, 5.41) is 0. The van der Waals surface area contributed by atoms with Crippen molar-refractivity contribution in [2.24, 2.45) is 0 Å². The van der Waals surface area contributed by atoms with Gasteiger partial charge in [-0.05, 0) is 24.1 Å². The molecule has 0 saturated heterocycles. The van der Waals surface area contributed by atoms with Gasteiger partial charge in [-0.15, -0.1) is 0 Å². The third-order valence-electron chi connectivity index (χ3n) is 2.94. The molecule has 0 atom stereocenters. The molecule has 0 fully saturated rings. The summed E-state index contributed by atoms with van der Waals surface area (Å²) < 4.78 is 15.8. The molecule has 0 bridgehead atoms. The number of hydrogen-bond acceptors (Lipinski definition) is 4. The van der Waals surface area contributed by atoms with Crippen LogP contribution in [-0.2, 0) is 20.7 Å². The van der Waals surface area contributed by atoms with Crippen LogP contribution in [0.3, 0.4) is 0 Å². The maximum atomic E-state index is 11.5. The number of hydrogen-bond donors (Lipinski definition) is 0. The highest BCUT2D eigenvalue weighted by Gasteiger charge is 2.04. The van der Waals surface area contributed by atoms with Gasteiger partial charge in [-0.25, -0.2) is 4.79 Å². The van der Waals surface area contributed by atoms with Gasteiger partial charge >= 0.3 is 5.97 Å². The minimum absolute atomic E-state index is 0.0725. The van der Waals surface area contributed by atoms with Crippen LogP contribution >= 0.6 is 0 Å². The van der Waals surface area contributed by atoms with Crippen LogP contribution in [0.25, 0.3) is 0 Å². The molecule has 0 N–H and O–H groups in total. The molecule has 116 valence electrons. The van der Waals surface area contributed by atoms with E-state index in [9.17, 15) is 4.79 Å². The van der Waals surface area contributed by atoms with E-state index in [1.54, 1.807) is 12.1 Å². The van der Waals surface area contributed by atoms with Crippen LogP contribution in [0.4, 0.5) is 0 Å². The number of carbonyl (C=O) groups excluding carboxylic acids is 1. The van der Waals surface area contributed by atoms with Crippen molar-refractivity contribution >= 4 is 5.97 Å². The second-order valence-electron chi connectivity index (χ2n) is 4.69. The summed E-state index contributed by atoms with van der Waals surface area (Å²) in [5.74, 6) is 0.116. The Bertz CT molecular complexity index is 540. The Hall–Kier alpha value is -2.17. The second kappa shape index (κ2) is 9.71. The van der Waals surface area contributed by atoms with Gasteiger partial charge in [0, 0.05) is 0 Å². The van der Waals surface area contributed by atoms with Crippen LogP contribution in [0.15, 0.2) is 60.7 Å². The molecule has 4 nitrogen and oxygen atoms in total. The van der Waals surface area contributed by atoms with Crippen LogP contribution in [0.5, 0.6) is 5.75 Å². The Morgan fingerprint density at radius 3 is 2.14 bits per heavy atom. The molecular weight excluding hydrogens is 280 g/mol. The third kappa shape index (κ3) is 6.52. The molecule has 0 heterocycles. The van der Waals surface area contributed by atoms with Gasteiger partial charge in [-0.3, -0.25) is 0 Å². The molecule has 4 heteroatoms. The molecule has 0 aliphatic heterocycles. The summed E-state index contributed by atoms with van der Waals surface area (Å²) in [4.78, 5) is 11.5. The van der Waals surface area contributed by atoms with Crippen molar-refractivity contribution in [1.29, 1.82) is 0 Å². The Balaban J connectivity index is 1.48. The molecule has 0 saturated carbocycles. The second-order valence-corrected chi connectivity index (χ2v) is 4.69. The van der Waals surface area contributed by atoms with Crippen LogP contribution < -0.4 is 4.74 Å². The van der Waals surface area contributed by atoms with Crippen molar-refractivity contribution in [2.45, 2.75) is 6.42 Å². The monoisotopic (exact) mass is 300 g/mol. The fraction of sp³-hybridized carbons (Fsp3) is 0.278. The lowest BCUT2D eigenvalue weighted by molar-refractivity contribution is -0.140. The Labute approximate surface area is 130 Å². The first-order valence-corrected chi connectivity index (χ1v) is 7.30. The summed E-state index contributed by atoms with van der Waals surface area (Å²) in [6, 6.07) is 19.1. The standard InChI is InChI=1S/C18H20O4/c19-18(22-17-9-5-2-6-10-17)15-21-14-13-20-12-11-16-7-3-1-4-8-16/h1-10H,11-15H2. The number of para-hydroxylation sites is 1. The first-order chi connectivity index (χ1) is 10.8. The molecule has 0 unspecified atom stereocenters. The van der Waals surface area contributed by atoms with Crippen LogP contribution in [0, 0.1) is 0 Å². The number of esters is 1. The van der Waals surface area contributed by atoms with E-state index in [1.165, 1.54) is 5.56 Å². The first-order valence-electron chi connectivity index (χ1n) is 7.30. The Morgan fingerprint density at radius 1 is 0.773 bits per heavy atom. The van der Waals surface area contributed by atoms with Crippen LogP contribution in [-0.4, -0.2) is 32.4 Å². The van der Waals surface area contributed by atoms with E-state index in [0.717, 1.165) is 6.42 Å². The van der Waals surface area contributed by atoms with Crippen molar-refractivity contribution in [3.63, 3.8) is 0 Å². The predicted molar refractivity (Wildman–Crippen MR) is 83.9 cm³/mol. The maximum absolute atomic E-state index is 11.5. The first kappa shape index (κ1) is 16.2.